The molecule has 0 aliphatic carbocycles. The van der Waals surface area contributed by atoms with Gasteiger partial charge in [0.25, 0.3) is 0 Å². The first-order chi connectivity index (χ1) is 30.2. The summed E-state index contributed by atoms with van der Waals surface area (Å²) in [5.41, 5.74) is 3.69. The molecule has 2 aliphatic rings. The molecule has 0 unspecified atom stereocenters. The van der Waals surface area contributed by atoms with Crippen LogP contribution in [0.25, 0.3) is 22.8 Å². The maximum absolute atomic E-state index is 12.4. The van der Waals surface area contributed by atoms with Crippen LogP contribution in [-0.2, 0) is 12.8 Å². The molecule has 0 N–H and O–H groups in total. The molecule has 2 saturated heterocycles. The van der Waals surface area contributed by atoms with E-state index in [1.54, 1.807) is 13.2 Å². The monoisotopic (exact) mass is 932 g/mol. The van der Waals surface area contributed by atoms with Gasteiger partial charge < -0.3 is 24.0 Å². The van der Waals surface area contributed by atoms with E-state index in [2.05, 4.69) is 59.9 Å². The molecule has 8 rings (SSSR count). The predicted molar refractivity (Wildman–Crippen MR) is 233 cm³/mol. The summed E-state index contributed by atoms with van der Waals surface area (Å²) in [6.07, 6.45) is -7.73. The van der Waals surface area contributed by atoms with Gasteiger partial charge in [-0.2, -0.15) is 18.7 Å². The van der Waals surface area contributed by atoms with E-state index in [0.29, 0.717) is 28.7 Å². The standard InChI is InChI=1S/C22H23F3N4O2S.C21H20ClF3N4OS/c1-30-18-6-2-16(3-7-18)10-11-28-12-14-29(15-13-28)21-26-20(27-32-21)17-4-8-19(9-5-17)31-22(23,24)25;22-17-6-4-16(5-7-17)19-26-20(31-27-19)29-12-10-28(11-13-29)9-8-15-2-1-3-18(14-15)30-21(23,24)25/h2-9H,10-15H2,1H3;1-7,14H,8-13H2. The van der Waals surface area contributed by atoms with E-state index < -0.39 is 12.7 Å². The fraction of sp³-hybridized carbons (Fsp3) is 0.349. The second-order valence-electron chi connectivity index (χ2n) is 14.6. The lowest BCUT2D eigenvalue weighted by Crippen LogP contribution is -2.47. The first-order valence-electron chi connectivity index (χ1n) is 20.0. The maximum atomic E-state index is 12.4. The molecule has 334 valence electrons. The number of rotatable bonds is 13. The van der Waals surface area contributed by atoms with E-state index in [1.165, 1.54) is 65.0 Å². The third kappa shape index (κ3) is 13.9. The molecule has 2 fully saturated rings. The third-order valence-electron chi connectivity index (χ3n) is 10.3. The minimum absolute atomic E-state index is 0.178. The minimum Gasteiger partial charge on any atom is -0.497 e. The molecule has 0 atom stereocenters. The van der Waals surface area contributed by atoms with Crippen molar-refractivity contribution in [3.63, 3.8) is 0 Å². The number of piperazine rings is 2. The van der Waals surface area contributed by atoms with Crippen LogP contribution in [0.5, 0.6) is 17.2 Å². The zero-order valence-corrected chi connectivity index (χ0v) is 36.4. The number of hydrogen-bond acceptors (Lipinski definition) is 13. The number of methoxy groups -OCH3 is 1. The van der Waals surface area contributed by atoms with E-state index in [9.17, 15) is 26.3 Å². The van der Waals surface area contributed by atoms with Gasteiger partial charge in [-0.25, -0.2) is 0 Å². The van der Waals surface area contributed by atoms with Crippen LogP contribution in [0.1, 0.15) is 11.1 Å². The van der Waals surface area contributed by atoms with Crippen molar-refractivity contribution in [2.45, 2.75) is 25.6 Å². The molecule has 4 aromatic carbocycles. The molecule has 0 saturated carbocycles. The molecule has 0 radical (unpaired) electrons. The third-order valence-corrected chi connectivity index (χ3v) is 12.1. The number of alkyl halides is 6. The van der Waals surface area contributed by atoms with Crippen LogP contribution < -0.4 is 24.0 Å². The van der Waals surface area contributed by atoms with Crippen molar-refractivity contribution in [3.8, 4) is 40.0 Å². The quantitative estimate of drug-likeness (QED) is 0.104. The van der Waals surface area contributed by atoms with Gasteiger partial charge in [-0.1, -0.05) is 35.9 Å². The molecule has 20 heteroatoms. The Hall–Kier alpha value is -5.21. The zero-order chi connectivity index (χ0) is 44.4. The highest BCUT2D eigenvalue weighted by Gasteiger charge is 2.32. The molecular formula is C43H43ClF6N8O3S2. The lowest BCUT2D eigenvalue weighted by atomic mass is 10.1. The lowest BCUT2D eigenvalue weighted by molar-refractivity contribution is -0.275. The highest BCUT2D eigenvalue weighted by Crippen LogP contribution is 2.30. The van der Waals surface area contributed by atoms with Crippen molar-refractivity contribution >= 4 is 44.9 Å². The van der Waals surface area contributed by atoms with Crippen LogP contribution in [0.3, 0.4) is 0 Å². The van der Waals surface area contributed by atoms with Crippen molar-refractivity contribution < 1.29 is 40.6 Å². The highest BCUT2D eigenvalue weighted by atomic mass is 35.5. The molecule has 63 heavy (non-hydrogen) atoms. The first kappa shape index (κ1) is 45.8. The number of nitrogens with zero attached hydrogens (tertiary/aromatic N) is 8. The predicted octanol–water partition coefficient (Wildman–Crippen LogP) is 9.60. The summed E-state index contributed by atoms with van der Waals surface area (Å²) in [7, 11) is 1.67. The van der Waals surface area contributed by atoms with E-state index in [-0.39, 0.29) is 11.5 Å². The van der Waals surface area contributed by atoms with Crippen molar-refractivity contribution in [3.05, 3.63) is 113 Å². The van der Waals surface area contributed by atoms with Gasteiger partial charge >= 0.3 is 12.7 Å². The molecule has 6 aromatic rings. The largest absolute Gasteiger partial charge is 0.573 e. The number of anilines is 2. The van der Waals surface area contributed by atoms with Gasteiger partial charge in [-0.15, -0.1) is 26.3 Å². The number of hydrogen-bond donors (Lipinski definition) is 0. The number of aromatic nitrogens is 4. The van der Waals surface area contributed by atoms with Gasteiger partial charge in [-0.3, -0.25) is 9.80 Å². The molecule has 0 spiro atoms. The molecule has 11 nitrogen and oxygen atoms in total. The average molecular weight is 933 g/mol. The Morgan fingerprint density at radius 3 is 1.51 bits per heavy atom. The zero-order valence-electron chi connectivity index (χ0n) is 34.0. The molecule has 0 bridgehead atoms. The van der Waals surface area contributed by atoms with Crippen LogP contribution in [0, 0.1) is 0 Å². The summed E-state index contributed by atoms with van der Waals surface area (Å²) < 4.78 is 96.0. The van der Waals surface area contributed by atoms with Gasteiger partial charge in [0.05, 0.1) is 7.11 Å². The van der Waals surface area contributed by atoms with Crippen LogP contribution in [-0.4, -0.2) is 114 Å². The van der Waals surface area contributed by atoms with Crippen LogP contribution in [0.15, 0.2) is 97.1 Å². The van der Waals surface area contributed by atoms with Gasteiger partial charge in [0.1, 0.15) is 17.2 Å². The number of halogens is 7. The maximum Gasteiger partial charge on any atom is 0.573 e. The van der Waals surface area contributed by atoms with Crippen molar-refractivity contribution in [2.75, 3.05) is 82.4 Å². The van der Waals surface area contributed by atoms with E-state index in [4.69, 9.17) is 16.3 Å². The van der Waals surface area contributed by atoms with E-state index in [1.807, 2.05) is 42.5 Å². The lowest BCUT2D eigenvalue weighted by Gasteiger charge is -2.34. The molecule has 2 aliphatic heterocycles. The molecule has 4 heterocycles. The Balaban J connectivity index is 0.000000189. The fourth-order valence-electron chi connectivity index (χ4n) is 6.92. The normalized spacial score (nSPS) is 15.2. The number of benzene rings is 4. The first-order valence-corrected chi connectivity index (χ1v) is 21.9. The van der Waals surface area contributed by atoms with E-state index in [0.717, 1.165) is 99.0 Å². The van der Waals surface area contributed by atoms with Crippen LogP contribution >= 0.6 is 34.7 Å². The van der Waals surface area contributed by atoms with Gasteiger partial charge in [0.2, 0.25) is 10.3 Å². The summed E-state index contributed by atoms with van der Waals surface area (Å²) in [4.78, 5) is 18.4. The highest BCUT2D eigenvalue weighted by molar-refractivity contribution is 7.10. The summed E-state index contributed by atoms with van der Waals surface area (Å²) in [6.45, 7) is 8.72. The van der Waals surface area contributed by atoms with Gasteiger partial charge in [0.15, 0.2) is 11.6 Å². The van der Waals surface area contributed by atoms with Crippen LogP contribution in [0.2, 0.25) is 5.02 Å². The average Bonchev–Trinajstić information content (AvgIpc) is 3.97. The second-order valence-corrected chi connectivity index (χ2v) is 16.5. The van der Waals surface area contributed by atoms with Crippen molar-refractivity contribution in [2.24, 2.45) is 0 Å². The smallest absolute Gasteiger partial charge is 0.497 e. The second kappa shape index (κ2) is 21.0. The summed E-state index contributed by atoms with van der Waals surface area (Å²) in [6, 6.07) is 27.4. The van der Waals surface area contributed by atoms with E-state index >= 15 is 0 Å². The summed E-state index contributed by atoms with van der Waals surface area (Å²) >= 11 is 8.62. The molecule has 2 aromatic heterocycles. The van der Waals surface area contributed by atoms with Crippen molar-refractivity contribution in [1.82, 2.24) is 28.5 Å². The molecular weight excluding hydrogens is 890 g/mol. The van der Waals surface area contributed by atoms with Gasteiger partial charge in [0, 0.05) is 105 Å². The fourth-order valence-corrected chi connectivity index (χ4v) is 8.52. The Morgan fingerprint density at radius 2 is 1.02 bits per heavy atom. The van der Waals surface area contributed by atoms with Gasteiger partial charge in [-0.05, 0) is 96.8 Å². The Labute approximate surface area is 373 Å². The Bertz CT molecular complexity index is 2340. The minimum atomic E-state index is -4.70. The Kier molecular flexibility index (Phi) is 15.3. The Morgan fingerprint density at radius 1 is 0.556 bits per heavy atom. The SMILES string of the molecule is COc1ccc(CCN2CCN(c3nc(-c4ccc(OC(F)(F)F)cc4)ns3)CC2)cc1.FC(F)(F)Oc1cccc(CCN2CCN(c3nc(-c4ccc(Cl)cc4)ns3)CC2)c1. The topological polar surface area (TPSA) is 92.2 Å². The molecule has 0 amide bonds. The summed E-state index contributed by atoms with van der Waals surface area (Å²) in [5.74, 6) is 1.62. The van der Waals surface area contributed by atoms with Crippen LogP contribution in [0.4, 0.5) is 36.6 Å². The number of ether oxygens (including phenoxy) is 3. The summed E-state index contributed by atoms with van der Waals surface area (Å²) in [5, 5.41) is 2.39. The van der Waals surface area contributed by atoms with Crippen molar-refractivity contribution in [1.29, 1.82) is 0 Å².